The molecule has 1 N–H and O–H groups in total. The fraction of sp³-hybridized carbons (Fsp3) is 1.00. The van der Waals surface area contributed by atoms with E-state index in [-0.39, 0.29) is 0 Å². The van der Waals surface area contributed by atoms with E-state index in [1.165, 1.54) is 58.9 Å². The van der Waals surface area contributed by atoms with Gasteiger partial charge >= 0.3 is 0 Å². The first-order valence-corrected chi connectivity index (χ1v) is 7.64. The second-order valence-electron chi connectivity index (χ2n) is 7.06. The highest BCUT2D eigenvalue weighted by molar-refractivity contribution is 4.96. The van der Waals surface area contributed by atoms with Crippen molar-refractivity contribution in [1.82, 2.24) is 20.0 Å². The molecule has 4 atom stereocenters. The largest absolute Gasteiger partial charge is 0.312 e. The average Bonchev–Trinajstić information content (AvgIpc) is 2.96. The lowest BCUT2D eigenvalue weighted by Crippen LogP contribution is -2.39. The van der Waals surface area contributed by atoms with Crippen LogP contribution in [0.25, 0.3) is 0 Å². The number of rotatable bonds is 2. The first-order chi connectivity index (χ1) is 8.78. The van der Waals surface area contributed by atoms with E-state index in [2.05, 4.69) is 27.1 Å². The van der Waals surface area contributed by atoms with Crippen LogP contribution in [-0.4, -0.2) is 80.3 Å². The summed E-state index contributed by atoms with van der Waals surface area (Å²) in [4.78, 5) is 7.91. The van der Waals surface area contributed by atoms with E-state index >= 15 is 0 Å². The average molecular weight is 250 g/mol. The van der Waals surface area contributed by atoms with Crippen LogP contribution in [0, 0.1) is 17.8 Å². The van der Waals surface area contributed by atoms with Crippen LogP contribution in [0.4, 0.5) is 0 Å². The Hall–Kier alpha value is -0.160. The fourth-order valence-electron chi connectivity index (χ4n) is 4.78. The van der Waals surface area contributed by atoms with Crippen molar-refractivity contribution in [3.63, 3.8) is 0 Å². The summed E-state index contributed by atoms with van der Waals surface area (Å²) in [5.41, 5.74) is 0. The van der Waals surface area contributed by atoms with Gasteiger partial charge in [-0.1, -0.05) is 0 Å². The van der Waals surface area contributed by atoms with E-state index in [1.54, 1.807) is 0 Å². The molecule has 18 heavy (non-hydrogen) atoms. The minimum atomic E-state index is 0.804. The van der Waals surface area contributed by atoms with Crippen molar-refractivity contribution in [3.8, 4) is 0 Å². The highest BCUT2D eigenvalue weighted by atomic mass is 15.4. The molecule has 4 unspecified atom stereocenters. The molecule has 4 fully saturated rings. The molecule has 102 valence electrons. The molecule has 0 aliphatic carbocycles. The number of nitrogens with zero attached hydrogens (tertiary/aromatic N) is 3. The van der Waals surface area contributed by atoms with Crippen molar-refractivity contribution in [1.29, 1.82) is 0 Å². The van der Waals surface area contributed by atoms with Gasteiger partial charge in [0, 0.05) is 45.3 Å². The van der Waals surface area contributed by atoms with Crippen LogP contribution >= 0.6 is 0 Å². The third-order valence-corrected chi connectivity index (χ3v) is 5.58. The summed E-state index contributed by atoms with van der Waals surface area (Å²) in [5, 5.41) is 3.65. The maximum Gasteiger partial charge on any atom is 0.0507 e. The Morgan fingerprint density at radius 3 is 2.28 bits per heavy atom. The Balaban J connectivity index is 1.30. The van der Waals surface area contributed by atoms with Crippen LogP contribution < -0.4 is 5.32 Å². The van der Waals surface area contributed by atoms with Gasteiger partial charge < -0.3 is 10.2 Å². The number of hydrogen-bond acceptors (Lipinski definition) is 4. The molecule has 4 aliphatic rings. The van der Waals surface area contributed by atoms with Gasteiger partial charge in [0.2, 0.25) is 0 Å². The zero-order chi connectivity index (χ0) is 12.1. The minimum Gasteiger partial charge on any atom is -0.312 e. The molecule has 4 aliphatic heterocycles. The molecule has 0 aromatic carbocycles. The molecule has 4 saturated heterocycles. The zero-order valence-electron chi connectivity index (χ0n) is 11.5. The van der Waals surface area contributed by atoms with Gasteiger partial charge in [0.1, 0.15) is 0 Å². The Morgan fingerprint density at radius 1 is 0.889 bits per heavy atom. The van der Waals surface area contributed by atoms with E-state index in [9.17, 15) is 0 Å². The van der Waals surface area contributed by atoms with Gasteiger partial charge in [0.05, 0.1) is 6.67 Å². The maximum atomic E-state index is 3.65. The van der Waals surface area contributed by atoms with E-state index in [0.29, 0.717) is 0 Å². The third-order valence-electron chi connectivity index (χ3n) is 5.58. The van der Waals surface area contributed by atoms with Crippen molar-refractivity contribution >= 4 is 0 Å². The van der Waals surface area contributed by atoms with Crippen molar-refractivity contribution in [2.24, 2.45) is 17.8 Å². The van der Waals surface area contributed by atoms with Gasteiger partial charge in [0.15, 0.2) is 0 Å². The summed E-state index contributed by atoms with van der Waals surface area (Å²) in [6, 6.07) is 0.804. The smallest absolute Gasteiger partial charge is 0.0507 e. The summed E-state index contributed by atoms with van der Waals surface area (Å²) >= 11 is 0. The van der Waals surface area contributed by atoms with Crippen LogP contribution in [0.3, 0.4) is 0 Å². The van der Waals surface area contributed by atoms with Crippen LogP contribution in [0.1, 0.15) is 6.42 Å². The lowest BCUT2D eigenvalue weighted by atomic mass is 10.0. The molecule has 0 bridgehead atoms. The Kier molecular flexibility index (Phi) is 2.87. The predicted octanol–water partition coefficient (Wildman–Crippen LogP) is -0.269. The first kappa shape index (κ1) is 11.6. The van der Waals surface area contributed by atoms with Gasteiger partial charge in [0.25, 0.3) is 0 Å². The third kappa shape index (κ3) is 1.99. The normalized spacial score (nSPS) is 45.8. The van der Waals surface area contributed by atoms with Gasteiger partial charge in [-0.2, -0.15) is 0 Å². The van der Waals surface area contributed by atoms with Crippen LogP contribution in [-0.2, 0) is 0 Å². The molecule has 4 rings (SSSR count). The lowest BCUT2D eigenvalue weighted by molar-refractivity contribution is 0.158. The predicted molar refractivity (Wildman–Crippen MR) is 72.4 cm³/mol. The summed E-state index contributed by atoms with van der Waals surface area (Å²) in [6.07, 6.45) is 1.40. The summed E-state index contributed by atoms with van der Waals surface area (Å²) in [7, 11) is 2.27. The highest BCUT2D eigenvalue weighted by Crippen LogP contribution is 2.31. The monoisotopic (exact) mass is 250 g/mol. The minimum absolute atomic E-state index is 0.804. The molecule has 0 radical (unpaired) electrons. The van der Waals surface area contributed by atoms with Crippen molar-refractivity contribution < 1.29 is 0 Å². The second-order valence-corrected chi connectivity index (χ2v) is 7.06. The van der Waals surface area contributed by atoms with Crippen LogP contribution in [0.2, 0.25) is 0 Å². The molecule has 4 nitrogen and oxygen atoms in total. The molecule has 0 spiro atoms. The highest BCUT2D eigenvalue weighted by Gasteiger charge is 2.41. The molecule has 4 heterocycles. The van der Waals surface area contributed by atoms with Crippen LogP contribution in [0.15, 0.2) is 0 Å². The van der Waals surface area contributed by atoms with E-state index in [1.807, 2.05) is 0 Å². The van der Waals surface area contributed by atoms with Gasteiger partial charge in [-0.15, -0.1) is 0 Å². The summed E-state index contributed by atoms with van der Waals surface area (Å²) in [6.45, 7) is 10.4. The van der Waals surface area contributed by atoms with Crippen molar-refractivity contribution in [3.05, 3.63) is 0 Å². The van der Waals surface area contributed by atoms with Crippen molar-refractivity contribution in [2.75, 3.05) is 59.5 Å². The lowest BCUT2D eigenvalue weighted by Gasteiger charge is -2.25. The van der Waals surface area contributed by atoms with E-state index in [0.717, 1.165) is 23.8 Å². The van der Waals surface area contributed by atoms with E-state index < -0.39 is 0 Å². The molecule has 0 saturated carbocycles. The summed E-state index contributed by atoms with van der Waals surface area (Å²) < 4.78 is 0. The van der Waals surface area contributed by atoms with Gasteiger partial charge in [-0.25, -0.2) is 0 Å². The molecular formula is C14H26N4. The topological polar surface area (TPSA) is 21.8 Å². The van der Waals surface area contributed by atoms with Crippen molar-refractivity contribution in [2.45, 2.75) is 12.5 Å². The first-order valence-electron chi connectivity index (χ1n) is 7.64. The number of likely N-dealkylation sites (tertiary alicyclic amines) is 3. The van der Waals surface area contributed by atoms with E-state index in [4.69, 9.17) is 0 Å². The number of nitrogens with one attached hydrogen (secondary N) is 1. The second kappa shape index (κ2) is 4.44. The summed E-state index contributed by atoms with van der Waals surface area (Å²) in [5.74, 6) is 2.85. The SMILES string of the molecule is CN1CC2CN(CN3CC4CCNC4C3)CC2C1. The van der Waals surface area contributed by atoms with Gasteiger partial charge in [-0.05, 0) is 37.8 Å². The molecule has 0 aromatic rings. The standard InChI is InChI=1S/C14H26N4/c1-16-4-12-7-17(8-13(12)5-16)10-18-6-11-2-3-15-14(11)9-18/h11-15H,2-10H2,1H3. The quantitative estimate of drug-likeness (QED) is 0.728. The Bertz CT molecular complexity index is 295. The number of hydrogen-bond donors (Lipinski definition) is 1. The molecule has 0 aromatic heterocycles. The fourth-order valence-corrected chi connectivity index (χ4v) is 4.78. The Labute approximate surface area is 110 Å². The zero-order valence-corrected chi connectivity index (χ0v) is 11.5. The number of fused-ring (bicyclic) bond motifs is 2. The molecule has 0 amide bonds. The molecular weight excluding hydrogens is 224 g/mol. The van der Waals surface area contributed by atoms with Gasteiger partial charge in [-0.3, -0.25) is 9.80 Å². The molecule has 4 heteroatoms. The van der Waals surface area contributed by atoms with Crippen LogP contribution in [0.5, 0.6) is 0 Å². The Morgan fingerprint density at radius 2 is 1.56 bits per heavy atom. The maximum absolute atomic E-state index is 3.65.